The van der Waals surface area contributed by atoms with Crippen LogP contribution in [0.15, 0.2) is 78.9 Å². The van der Waals surface area contributed by atoms with E-state index in [1.807, 2.05) is 0 Å². The SMILES string of the molecule is C1=c2c3cc4c5ccccc5c5cccc(c3cc3c2c(c2ccccc23)CC1)c54. The third-order valence-corrected chi connectivity index (χ3v) is 7.41. The topological polar surface area (TPSA) is 0 Å². The van der Waals surface area contributed by atoms with E-state index in [9.17, 15) is 0 Å². The standard InChI is InChI=1S/C30H18/c1-3-9-19-17(7-1)21-11-5-13-23-26-16-28-20-10-4-2-8-18(20)22-12-6-14-24(30(22)28)25(26)15-27(19)29(21)23/h1-5,7-11,13-16H,6,12H2. The fourth-order valence-corrected chi connectivity index (χ4v) is 6.26. The fourth-order valence-electron chi connectivity index (χ4n) is 6.26. The lowest BCUT2D eigenvalue weighted by molar-refractivity contribution is 1.05. The summed E-state index contributed by atoms with van der Waals surface area (Å²) >= 11 is 0. The molecule has 0 saturated heterocycles. The lowest BCUT2D eigenvalue weighted by atomic mass is 9.91. The number of benzene rings is 5. The van der Waals surface area contributed by atoms with Crippen molar-refractivity contribution in [3.63, 3.8) is 0 Å². The molecular weight excluding hydrogens is 360 g/mol. The second kappa shape index (κ2) is 5.09. The molecule has 30 heavy (non-hydrogen) atoms. The molecule has 0 bridgehead atoms. The molecule has 0 amide bonds. The molecule has 0 fully saturated rings. The molecule has 8 rings (SSSR count). The van der Waals surface area contributed by atoms with Gasteiger partial charge in [-0.05, 0) is 100 Å². The van der Waals surface area contributed by atoms with Crippen molar-refractivity contribution in [2.75, 3.05) is 0 Å². The van der Waals surface area contributed by atoms with Gasteiger partial charge in [0, 0.05) is 0 Å². The first-order chi connectivity index (χ1) is 14.9. The van der Waals surface area contributed by atoms with Crippen molar-refractivity contribution in [1.29, 1.82) is 0 Å². The smallest absolute Gasteiger partial charge is 0.00199 e. The van der Waals surface area contributed by atoms with Crippen LogP contribution >= 0.6 is 0 Å². The lowest BCUT2D eigenvalue weighted by Gasteiger charge is -2.12. The zero-order chi connectivity index (χ0) is 19.4. The first kappa shape index (κ1) is 15.2. The van der Waals surface area contributed by atoms with Crippen LogP contribution in [0.4, 0.5) is 0 Å². The number of rotatable bonds is 0. The minimum absolute atomic E-state index is 1.12. The van der Waals surface area contributed by atoms with Gasteiger partial charge in [-0.1, -0.05) is 72.8 Å². The van der Waals surface area contributed by atoms with Gasteiger partial charge in [0.15, 0.2) is 0 Å². The van der Waals surface area contributed by atoms with E-state index < -0.39 is 0 Å². The Labute approximate surface area is 173 Å². The van der Waals surface area contributed by atoms with E-state index in [-0.39, 0.29) is 0 Å². The molecule has 7 aromatic carbocycles. The van der Waals surface area contributed by atoms with Crippen molar-refractivity contribution in [2.24, 2.45) is 0 Å². The van der Waals surface area contributed by atoms with Gasteiger partial charge in [-0.15, -0.1) is 0 Å². The van der Waals surface area contributed by atoms with Gasteiger partial charge >= 0.3 is 0 Å². The summed E-state index contributed by atoms with van der Waals surface area (Å²) in [6, 6.07) is 29.7. The monoisotopic (exact) mass is 378 g/mol. The van der Waals surface area contributed by atoms with Crippen molar-refractivity contribution < 1.29 is 0 Å². The molecule has 7 aromatic rings. The first-order valence-electron chi connectivity index (χ1n) is 10.9. The summed E-state index contributed by atoms with van der Waals surface area (Å²) in [7, 11) is 0. The Morgan fingerprint density at radius 2 is 1.00 bits per heavy atom. The minimum atomic E-state index is 1.12. The van der Waals surface area contributed by atoms with Gasteiger partial charge in [0.25, 0.3) is 0 Å². The maximum Gasteiger partial charge on any atom is -0.00199 e. The maximum atomic E-state index is 2.49. The van der Waals surface area contributed by atoms with Gasteiger partial charge in [0.1, 0.15) is 0 Å². The highest BCUT2D eigenvalue weighted by atomic mass is 14.2. The van der Waals surface area contributed by atoms with Gasteiger partial charge in [-0.25, -0.2) is 0 Å². The predicted molar refractivity (Wildman–Crippen MR) is 131 cm³/mol. The molecule has 0 atom stereocenters. The summed E-state index contributed by atoms with van der Waals surface area (Å²) in [4.78, 5) is 0. The molecule has 0 unspecified atom stereocenters. The largest absolute Gasteiger partial charge is 0.0757 e. The van der Waals surface area contributed by atoms with E-state index >= 15 is 0 Å². The normalized spacial score (nSPS) is 14.0. The highest BCUT2D eigenvalue weighted by Gasteiger charge is 2.20. The third kappa shape index (κ3) is 1.63. The maximum absolute atomic E-state index is 2.49. The second-order valence-corrected chi connectivity index (χ2v) is 8.77. The van der Waals surface area contributed by atoms with Crippen molar-refractivity contribution in [3.8, 4) is 0 Å². The van der Waals surface area contributed by atoms with Gasteiger partial charge in [-0.2, -0.15) is 0 Å². The van der Waals surface area contributed by atoms with Crippen LogP contribution < -0.4 is 5.22 Å². The van der Waals surface area contributed by atoms with E-state index in [1.165, 1.54) is 69.9 Å². The van der Waals surface area contributed by atoms with Crippen molar-refractivity contribution in [2.45, 2.75) is 12.8 Å². The first-order valence-corrected chi connectivity index (χ1v) is 10.9. The molecule has 1 aliphatic carbocycles. The van der Waals surface area contributed by atoms with E-state index in [1.54, 1.807) is 5.56 Å². The summed E-state index contributed by atoms with van der Waals surface area (Å²) in [5, 5.41) is 18.4. The summed E-state index contributed by atoms with van der Waals surface area (Å²) in [5.74, 6) is 0. The Balaban J connectivity index is 1.75. The summed E-state index contributed by atoms with van der Waals surface area (Å²) < 4.78 is 0. The van der Waals surface area contributed by atoms with Crippen LogP contribution in [0.2, 0.25) is 0 Å². The fraction of sp³-hybridized carbons (Fsp3) is 0.0667. The van der Waals surface area contributed by atoms with Crippen LogP contribution in [0, 0.1) is 0 Å². The van der Waals surface area contributed by atoms with E-state index in [0.717, 1.165) is 12.8 Å². The van der Waals surface area contributed by atoms with Gasteiger partial charge < -0.3 is 0 Å². The van der Waals surface area contributed by atoms with Crippen LogP contribution in [0.25, 0.3) is 70.7 Å². The molecule has 0 heterocycles. The predicted octanol–water partition coefficient (Wildman–Crippen LogP) is 7.49. The molecule has 0 nitrogen and oxygen atoms in total. The van der Waals surface area contributed by atoms with Crippen LogP contribution in [-0.2, 0) is 6.42 Å². The van der Waals surface area contributed by atoms with Gasteiger partial charge in [-0.3, -0.25) is 0 Å². The molecule has 0 spiro atoms. The summed E-state index contributed by atoms with van der Waals surface area (Å²) in [6.45, 7) is 0. The number of aryl methyl sites for hydroxylation is 1. The Morgan fingerprint density at radius 1 is 0.433 bits per heavy atom. The molecule has 0 N–H and O–H groups in total. The second-order valence-electron chi connectivity index (χ2n) is 8.77. The molecule has 138 valence electrons. The van der Waals surface area contributed by atoms with Crippen molar-refractivity contribution in [3.05, 3.63) is 89.6 Å². The van der Waals surface area contributed by atoms with Gasteiger partial charge in [0.2, 0.25) is 0 Å². The van der Waals surface area contributed by atoms with Crippen LogP contribution in [0.5, 0.6) is 0 Å². The van der Waals surface area contributed by atoms with Crippen LogP contribution in [0.3, 0.4) is 0 Å². The Morgan fingerprint density at radius 3 is 1.80 bits per heavy atom. The molecular formula is C30H18. The number of hydrogen-bond donors (Lipinski definition) is 0. The number of hydrogen-bond acceptors (Lipinski definition) is 0. The molecule has 0 heteroatoms. The molecule has 0 radical (unpaired) electrons. The summed E-state index contributed by atoms with van der Waals surface area (Å²) in [5.41, 5.74) is 1.55. The van der Waals surface area contributed by atoms with Crippen LogP contribution in [0.1, 0.15) is 12.0 Å². The van der Waals surface area contributed by atoms with Crippen molar-refractivity contribution in [1.82, 2.24) is 0 Å². The summed E-state index contributed by atoms with van der Waals surface area (Å²) in [6.07, 6.45) is 4.76. The minimum Gasteiger partial charge on any atom is -0.0757 e. The van der Waals surface area contributed by atoms with Crippen LogP contribution in [-0.4, -0.2) is 0 Å². The molecule has 0 saturated carbocycles. The van der Waals surface area contributed by atoms with Gasteiger partial charge in [0.05, 0.1) is 0 Å². The highest BCUT2D eigenvalue weighted by molar-refractivity contribution is 6.35. The molecule has 0 aliphatic heterocycles. The average Bonchev–Trinajstić information content (AvgIpc) is 3.31. The quantitative estimate of drug-likeness (QED) is 0.240. The van der Waals surface area contributed by atoms with E-state index in [0.29, 0.717) is 0 Å². The van der Waals surface area contributed by atoms with Crippen molar-refractivity contribution >= 4 is 70.7 Å². The Kier molecular flexibility index (Phi) is 2.59. The van der Waals surface area contributed by atoms with E-state index in [4.69, 9.17) is 0 Å². The average molecular weight is 378 g/mol. The highest BCUT2D eigenvalue weighted by Crippen LogP contribution is 2.43. The zero-order valence-electron chi connectivity index (χ0n) is 16.5. The Hall–Kier alpha value is -3.64. The number of fused-ring (bicyclic) bond motifs is 9. The van der Waals surface area contributed by atoms with E-state index in [2.05, 4.69) is 84.9 Å². The lowest BCUT2D eigenvalue weighted by Crippen LogP contribution is -2.09. The molecule has 1 aliphatic rings. The Bertz CT molecular complexity index is 1890. The zero-order valence-corrected chi connectivity index (χ0v) is 16.5. The molecule has 0 aromatic heterocycles. The third-order valence-electron chi connectivity index (χ3n) is 7.41.